The Balaban J connectivity index is 2.02. The Hall–Kier alpha value is -3.79. The van der Waals surface area contributed by atoms with E-state index in [1.807, 2.05) is 18.2 Å². The molecule has 0 unspecified atom stereocenters. The first kappa shape index (κ1) is 17.1. The minimum Gasteiger partial charge on any atom is -0.348 e. The molecular weight excluding hydrogens is 370 g/mol. The van der Waals surface area contributed by atoms with Crippen molar-refractivity contribution in [1.82, 2.24) is 14.5 Å². The van der Waals surface area contributed by atoms with Gasteiger partial charge in [-0.2, -0.15) is 0 Å². The third-order valence-corrected chi connectivity index (χ3v) is 6.30. The van der Waals surface area contributed by atoms with Crippen molar-refractivity contribution in [2.24, 2.45) is 0 Å². The molecule has 2 aromatic heterocycles. The van der Waals surface area contributed by atoms with Crippen molar-refractivity contribution in [3.05, 3.63) is 85.0 Å². The van der Waals surface area contributed by atoms with E-state index in [4.69, 9.17) is 0 Å². The van der Waals surface area contributed by atoms with Crippen molar-refractivity contribution in [1.29, 1.82) is 0 Å². The predicted molar refractivity (Wildman–Crippen MR) is 124 cm³/mol. The summed E-state index contributed by atoms with van der Waals surface area (Å²) in [6, 6.07) is 16.8. The van der Waals surface area contributed by atoms with Crippen LogP contribution in [0.15, 0.2) is 73.8 Å². The summed E-state index contributed by atoms with van der Waals surface area (Å²) in [5.74, 6) is 0.0129. The van der Waals surface area contributed by atoms with Gasteiger partial charge in [0, 0.05) is 52.2 Å². The fourth-order valence-electron chi connectivity index (χ4n) is 5.26. The lowest BCUT2D eigenvalue weighted by molar-refractivity contribution is 0.0967. The largest absolute Gasteiger partial charge is 0.348 e. The van der Waals surface area contributed by atoms with Gasteiger partial charge in [0.15, 0.2) is 0 Å². The van der Waals surface area contributed by atoms with Gasteiger partial charge in [0.1, 0.15) is 0 Å². The third-order valence-electron chi connectivity index (χ3n) is 6.30. The fraction of sp³-hybridized carbons (Fsp3) is 0.115. The maximum Gasteiger partial charge on any atom is 0.252 e. The molecule has 0 bridgehead atoms. The fourth-order valence-corrected chi connectivity index (χ4v) is 5.26. The smallest absolute Gasteiger partial charge is 0.252 e. The molecule has 1 aliphatic heterocycles. The van der Waals surface area contributed by atoms with E-state index in [0.717, 1.165) is 38.4 Å². The minimum absolute atomic E-state index is 0.0129. The molecule has 146 valence electrons. The van der Waals surface area contributed by atoms with Crippen LogP contribution in [0.25, 0.3) is 43.6 Å². The predicted octanol–water partition coefficient (Wildman–Crippen LogP) is 5.52. The van der Waals surface area contributed by atoms with Gasteiger partial charge in [0.2, 0.25) is 0 Å². The maximum atomic E-state index is 13.0. The van der Waals surface area contributed by atoms with Crippen LogP contribution in [0.3, 0.4) is 0 Å². The zero-order chi connectivity index (χ0) is 20.4. The molecule has 3 aromatic carbocycles. The monoisotopic (exact) mass is 391 g/mol. The quantitative estimate of drug-likeness (QED) is 0.403. The van der Waals surface area contributed by atoms with Crippen LogP contribution in [0, 0.1) is 0 Å². The number of carbonyl (C=O) groups is 1. The summed E-state index contributed by atoms with van der Waals surface area (Å²) in [7, 11) is 0. The van der Waals surface area contributed by atoms with Crippen LogP contribution in [0.2, 0.25) is 0 Å². The molecule has 0 saturated heterocycles. The molecule has 1 amide bonds. The number of benzene rings is 3. The van der Waals surface area contributed by atoms with Crippen molar-refractivity contribution >= 4 is 49.5 Å². The van der Waals surface area contributed by atoms with Crippen molar-refractivity contribution in [3.63, 3.8) is 0 Å². The minimum atomic E-state index is 0.0129. The van der Waals surface area contributed by atoms with Crippen molar-refractivity contribution in [2.75, 3.05) is 0 Å². The summed E-state index contributed by atoms with van der Waals surface area (Å²) in [6.45, 7) is 9.94. The van der Waals surface area contributed by atoms with Crippen LogP contribution in [-0.4, -0.2) is 15.0 Å². The van der Waals surface area contributed by atoms with Crippen molar-refractivity contribution in [3.8, 4) is 0 Å². The molecule has 1 N–H and O–H groups in total. The maximum absolute atomic E-state index is 13.0. The van der Waals surface area contributed by atoms with Crippen LogP contribution in [0.1, 0.15) is 15.9 Å². The lowest BCUT2D eigenvalue weighted by Crippen LogP contribution is -2.12. The van der Waals surface area contributed by atoms with E-state index < -0.39 is 0 Å². The number of carbonyl (C=O) groups excluding carboxylic acids is 1. The van der Waals surface area contributed by atoms with Gasteiger partial charge < -0.3 is 14.5 Å². The Bertz CT molecular complexity index is 1550. The van der Waals surface area contributed by atoms with Crippen LogP contribution in [0.5, 0.6) is 0 Å². The van der Waals surface area contributed by atoms with Crippen LogP contribution >= 0.6 is 0 Å². The summed E-state index contributed by atoms with van der Waals surface area (Å²) < 4.78 is 4.63. The van der Waals surface area contributed by atoms with E-state index in [2.05, 4.69) is 70.1 Å². The topological polar surface area (TPSA) is 39.0 Å². The highest BCUT2D eigenvalue weighted by molar-refractivity contribution is 6.30. The summed E-state index contributed by atoms with van der Waals surface area (Å²) in [6.07, 6.45) is 3.86. The standard InChI is InChI=1S/C26H21N3O/c1-3-13-28-19-11-7-5-9-16(19)21-18-15-27-26(30)23(18)22-17-10-6-8-12-20(17)29(14-4-2)25(22)24(21)28/h3-12H,1-2,13-15H2,(H,27,30). The summed E-state index contributed by atoms with van der Waals surface area (Å²) in [5, 5.41) is 7.58. The summed E-state index contributed by atoms with van der Waals surface area (Å²) >= 11 is 0. The first-order valence-corrected chi connectivity index (χ1v) is 10.2. The van der Waals surface area contributed by atoms with E-state index in [-0.39, 0.29) is 5.91 Å². The third kappa shape index (κ3) is 1.98. The Kier molecular flexibility index (Phi) is 3.48. The number of rotatable bonds is 4. The lowest BCUT2D eigenvalue weighted by Gasteiger charge is -2.11. The Morgan fingerprint density at radius 2 is 1.37 bits per heavy atom. The van der Waals surface area contributed by atoms with E-state index in [0.29, 0.717) is 19.6 Å². The van der Waals surface area contributed by atoms with Crippen molar-refractivity contribution < 1.29 is 4.79 Å². The highest BCUT2D eigenvalue weighted by Gasteiger charge is 2.31. The first-order chi connectivity index (χ1) is 14.8. The number of allylic oxidation sites excluding steroid dienone is 2. The first-order valence-electron chi connectivity index (χ1n) is 10.2. The van der Waals surface area contributed by atoms with Crippen LogP contribution < -0.4 is 5.32 Å². The highest BCUT2D eigenvalue weighted by Crippen LogP contribution is 2.44. The second-order valence-electron chi connectivity index (χ2n) is 7.82. The molecule has 0 spiro atoms. The van der Waals surface area contributed by atoms with Gasteiger partial charge in [-0.25, -0.2) is 0 Å². The van der Waals surface area contributed by atoms with Gasteiger partial charge in [-0.3, -0.25) is 4.79 Å². The average Bonchev–Trinajstić information content (AvgIpc) is 3.40. The number of para-hydroxylation sites is 2. The molecule has 30 heavy (non-hydrogen) atoms. The van der Waals surface area contributed by atoms with Gasteiger partial charge in [-0.1, -0.05) is 48.6 Å². The van der Waals surface area contributed by atoms with Gasteiger partial charge >= 0.3 is 0 Å². The Morgan fingerprint density at radius 3 is 1.97 bits per heavy atom. The van der Waals surface area contributed by atoms with Gasteiger partial charge in [0.05, 0.1) is 16.6 Å². The highest BCUT2D eigenvalue weighted by atomic mass is 16.1. The number of fused-ring (bicyclic) bond motifs is 10. The number of aromatic nitrogens is 2. The molecule has 6 rings (SSSR count). The second-order valence-corrected chi connectivity index (χ2v) is 7.82. The van der Waals surface area contributed by atoms with Crippen molar-refractivity contribution in [2.45, 2.75) is 19.6 Å². The van der Waals surface area contributed by atoms with E-state index >= 15 is 0 Å². The Morgan fingerprint density at radius 1 is 0.833 bits per heavy atom. The molecule has 0 radical (unpaired) electrons. The number of nitrogens with one attached hydrogen (secondary N) is 1. The zero-order valence-corrected chi connectivity index (χ0v) is 16.6. The molecule has 3 heterocycles. The summed E-state index contributed by atoms with van der Waals surface area (Å²) in [5.41, 5.74) is 6.47. The van der Waals surface area contributed by atoms with Gasteiger partial charge in [-0.15, -0.1) is 13.2 Å². The molecule has 4 nitrogen and oxygen atoms in total. The van der Waals surface area contributed by atoms with E-state index in [1.165, 1.54) is 16.3 Å². The SMILES string of the molecule is C=CCn1c2ccccc2c2c3c(c4c5ccccc5n(CC=C)c4c21)C(=O)NC3. The van der Waals surface area contributed by atoms with E-state index in [9.17, 15) is 4.79 Å². The molecule has 1 aliphatic rings. The molecule has 0 aliphatic carbocycles. The molecule has 4 heteroatoms. The number of hydrogen-bond acceptors (Lipinski definition) is 1. The number of amides is 1. The normalized spacial score (nSPS) is 13.4. The van der Waals surface area contributed by atoms with Crippen LogP contribution in [0.4, 0.5) is 0 Å². The molecule has 0 fully saturated rings. The number of nitrogens with zero attached hydrogens (tertiary/aromatic N) is 2. The zero-order valence-electron chi connectivity index (χ0n) is 16.6. The molecule has 0 atom stereocenters. The second kappa shape index (κ2) is 6.10. The van der Waals surface area contributed by atoms with Gasteiger partial charge in [-0.05, 0) is 17.7 Å². The van der Waals surface area contributed by atoms with Gasteiger partial charge in [0.25, 0.3) is 5.91 Å². The molecular formula is C26H21N3O. The Labute approximate surface area is 173 Å². The van der Waals surface area contributed by atoms with E-state index in [1.54, 1.807) is 0 Å². The molecule has 5 aromatic rings. The lowest BCUT2D eigenvalue weighted by atomic mass is 9.97. The number of hydrogen-bond donors (Lipinski definition) is 1. The summed E-state index contributed by atoms with van der Waals surface area (Å²) in [4.78, 5) is 13.0. The average molecular weight is 391 g/mol. The van der Waals surface area contributed by atoms with Crippen LogP contribution in [-0.2, 0) is 19.6 Å². The molecule has 0 saturated carbocycles.